The van der Waals surface area contributed by atoms with Crippen molar-refractivity contribution in [1.82, 2.24) is 0 Å². The lowest BCUT2D eigenvalue weighted by molar-refractivity contribution is -0.137. The standard InChI is InChI=1S/C27H41ClO4/c1-4-5-8-12-24(30)27(2,3)20-16-14-19(15-17-20)26-21(22(28)18-23(26)29)11-9-6-7-10-13-25(31)32/h6,9,14-17,21-24,26,29-30H,4-5,7-8,10-13,18H2,1-3H3,(H,31,32)/b9-6-/t21-,22+,23?,24?,26+/m0/s1. The van der Waals surface area contributed by atoms with Crippen molar-refractivity contribution in [3.63, 3.8) is 0 Å². The van der Waals surface area contributed by atoms with E-state index in [1.165, 1.54) is 0 Å². The predicted octanol–water partition coefficient (Wildman–Crippen LogP) is 6.18. The number of unbranched alkanes of at least 4 members (excludes halogenated alkanes) is 3. The minimum atomic E-state index is -0.765. The van der Waals surface area contributed by atoms with E-state index in [0.717, 1.165) is 49.7 Å². The Hall–Kier alpha value is -1.36. The van der Waals surface area contributed by atoms with Gasteiger partial charge in [-0.15, -0.1) is 11.6 Å². The summed E-state index contributed by atoms with van der Waals surface area (Å²) in [4.78, 5) is 10.6. The summed E-state index contributed by atoms with van der Waals surface area (Å²) in [6.45, 7) is 6.35. The summed E-state index contributed by atoms with van der Waals surface area (Å²) in [6.07, 6.45) is 10.3. The highest BCUT2D eigenvalue weighted by Gasteiger charge is 2.41. The van der Waals surface area contributed by atoms with Crippen LogP contribution >= 0.6 is 11.6 Å². The highest BCUT2D eigenvalue weighted by atomic mass is 35.5. The first kappa shape index (κ1) is 26.9. The van der Waals surface area contributed by atoms with Crippen LogP contribution in [0.1, 0.15) is 95.6 Å². The van der Waals surface area contributed by atoms with Crippen LogP contribution in [0.4, 0.5) is 0 Å². The summed E-state index contributed by atoms with van der Waals surface area (Å²) in [6, 6.07) is 8.35. The van der Waals surface area contributed by atoms with Crippen LogP contribution in [-0.4, -0.2) is 38.9 Å². The normalized spacial score (nSPS) is 24.8. The Kier molecular flexibility index (Phi) is 10.7. The van der Waals surface area contributed by atoms with Gasteiger partial charge in [0, 0.05) is 23.1 Å². The fourth-order valence-corrected chi connectivity index (χ4v) is 5.29. The zero-order valence-electron chi connectivity index (χ0n) is 19.8. The van der Waals surface area contributed by atoms with Crippen molar-refractivity contribution in [2.75, 3.05) is 0 Å². The van der Waals surface area contributed by atoms with Crippen molar-refractivity contribution >= 4 is 17.6 Å². The molecule has 0 aliphatic heterocycles. The molecule has 4 nitrogen and oxygen atoms in total. The lowest BCUT2D eigenvalue weighted by Gasteiger charge is -2.32. The number of hydrogen-bond donors (Lipinski definition) is 3. The van der Waals surface area contributed by atoms with E-state index in [1.54, 1.807) is 0 Å². The van der Waals surface area contributed by atoms with Gasteiger partial charge in [-0.25, -0.2) is 0 Å². The second kappa shape index (κ2) is 12.8. The molecule has 5 heteroatoms. The van der Waals surface area contributed by atoms with Crippen LogP contribution in [0.2, 0.25) is 0 Å². The smallest absolute Gasteiger partial charge is 0.303 e. The van der Waals surface area contributed by atoms with Crippen molar-refractivity contribution in [3.05, 3.63) is 47.5 Å². The van der Waals surface area contributed by atoms with Crippen LogP contribution in [0.25, 0.3) is 0 Å². The Balaban J connectivity index is 2.05. The Morgan fingerprint density at radius 3 is 2.50 bits per heavy atom. The molecule has 1 fully saturated rings. The molecule has 0 amide bonds. The second-order valence-electron chi connectivity index (χ2n) is 9.86. The minimum Gasteiger partial charge on any atom is -0.481 e. The molecule has 1 aliphatic rings. The van der Waals surface area contributed by atoms with Gasteiger partial charge in [0.15, 0.2) is 0 Å². The fraction of sp³-hybridized carbons (Fsp3) is 0.667. The Bertz CT molecular complexity index is 728. The number of hydrogen-bond acceptors (Lipinski definition) is 3. The number of allylic oxidation sites excluding steroid dienone is 2. The molecule has 5 atom stereocenters. The van der Waals surface area contributed by atoms with Gasteiger partial charge in [0.1, 0.15) is 0 Å². The van der Waals surface area contributed by atoms with Crippen LogP contribution in [0.5, 0.6) is 0 Å². The number of aliphatic carboxylic acids is 1. The number of carboxylic acid groups (broad SMARTS) is 1. The molecule has 3 N–H and O–H groups in total. The summed E-state index contributed by atoms with van der Waals surface area (Å²) < 4.78 is 0. The fourth-order valence-electron chi connectivity index (χ4n) is 4.84. The zero-order chi connectivity index (χ0) is 23.7. The number of benzene rings is 1. The third-order valence-corrected chi connectivity index (χ3v) is 7.60. The molecule has 2 rings (SSSR count). The highest BCUT2D eigenvalue weighted by Crippen LogP contribution is 2.45. The number of carboxylic acids is 1. The maximum Gasteiger partial charge on any atom is 0.303 e. The molecule has 0 radical (unpaired) electrons. The van der Waals surface area contributed by atoms with Gasteiger partial charge in [-0.05, 0) is 49.1 Å². The number of aliphatic hydroxyl groups is 2. The maximum atomic E-state index is 10.7. The Morgan fingerprint density at radius 1 is 1.19 bits per heavy atom. The zero-order valence-corrected chi connectivity index (χ0v) is 20.6. The van der Waals surface area contributed by atoms with E-state index in [9.17, 15) is 15.0 Å². The van der Waals surface area contributed by atoms with Crippen molar-refractivity contribution < 1.29 is 20.1 Å². The number of rotatable bonds is 13. The quantitative estimate of drug-likeness (QED) is 0.185. The van der Waals surface area contributed by atoms with E-state index in [4.69, 9.17) is 16.7 Å². The molecular weight excluding hydrogens is 424 g/mol. The largest absolute Gasteiger partial charge is 0.481 e. The molecule has 2 unspecified atom stereocenters. The molecule has 0 bridgehead atoms. The highest BCUT2D eigenvalue weighted by molar-refractivity contribution is 6.21. The average Bonchev–Trinajstić information content (AvgIpc) is 3.03. The summed E-state index contributed by atoms with van der Waals surface area (Å²) in [7, 11) is 0. The van der Waals surface area contributed by atoms with Gasteiger partial charge < -0.3 is 15.3 Å². The number of carbonyl (C=O) groups is 1. The van der Waals surface area contributed by atoms with Crippen molar-refractivity contribution in [3.8, 4) is 0 Å². The summed E-state index contributed by atoms with van der Waals surface area (Å²) in [5.41, 5.74) is 1.87. The predicted molar refractivity (Wildman–Crippen MR) is 131 cm³/mol. The number of aliphatic hydroxyl groups excluding tert-OH is 2. The van der Waals surface area contributed by atoms with Crippen molar-refractivity contribution in [1.29, 1.82) is 0 Å². The van der Waals surface area contributed by atoms with Gasteiger partial charge in [0.05, 0.1) is 12.2 Å². The van der Waals surface area contributed by atoms with Gasteiger partial charge in [-0.2, -0.15) is 0 Å². The molecule has 1 aromatic carbocycles. The van der Waals surface area contributed by atoms with E-state index in [2.05, 4.69) is 51.1 Å². The third-order valence-electron chi connectivity index (χ3n) is 7.10. The van der Waals surface area contributed by atoms with Gasteiger partial charge in [0.25, 0.3) is 0 Å². The molecule has 32 heavy (non-hydrogen) atoms. The molecule has 0 saturated heterocycles. The molecule has 1 saturated carbocycles. The topological polar surface area (TPSA) is 77.8 Å². The monoisotopic (exact) mass is 464 g/mol. The molecule has 0 heterocycles. The van der Waals surface area contributed by atoms with E-state index in [1.807, 2.05) is 6.08 Å². The van der Waals surface area contributed by atoms with Gasteiger partial charge in [-0.1, -0.05) is 76.5 Å². The molecular formula is C27H41ClO4. The first-order valence-electron chi connectivity index (χ1n) is 12.2. The summed E-state index contributed by atoms with van der Waals surface area (Å²) >= 11 is 6.60. The SMILES string of the molecule is CCCCCC(O)C(C)(C)c1ccc([C@H]2C(O)C[C@@H](Cl)[C@@H]2C/C=C\CCCC(=O)O)cc1. The van der Waals surface area contributed by atoms with Crippen LogP contribution in [0, 0.1) is 5.92 Å². The number of alkyl halides is 1. The third kappa shape index (κ3) is 7.33. The van der Waals surface area contributed by atoms with E-state index < -0.39 is 12.1 Å². The van der Waals surface area contributed by atoms with E-state index >= 15 is 0 Å². The second-order valence-corrected chi connectivity index (χ2v) is 10.4. The van der Waals surface area contributed by atoms with Crippen molar-refractivity contribution in [2.45, 2.75) is 107 Å². The Morgan fingerprint density at radius 2 is 1.88 bits per heavy atom. The summed E-state index contributed by atoms with van der Waals surface area (Å²) in [5.74, 6) is -0.646. The van der Waals surface area contributed by atoms with Crippen LogP contribution in [0.3, 0.4) is 0 Å². The van der Waals surface area contributed by atoms with Gasteiger partial charge >= 0.3 is 5.97 Å². The minimum absolute atomic E-state index is 0.0205. The van der Waals surface area contributed by atoms with Gasteiger partial charge in [0.2, 0.25) is 0 Å². The number of halogens is 1. The van der Waals surface area contributed by atoms with Gasteiger partial charge in [-0.3, -0.25) is 4.79 Å². The van der Waals surface area contributed by atoms with Crippen LogP contribution in [-0.2, 0) is 10.2 Å². The van der Waals surface area contributed by atoms with Crippen LogP contribution < -0.4 is 0 Å². The Labute approximate surface area is 198 Å². The molecule has 0 spiro atoms. The first-order chi connectivity index (χ1) is 15.2. The molecule has 1 aliphatic carbocycles. The lowest BCUT2D eigenvalue weighted by Crippen LogP contribution is -2.33. The van der Waals surface area contributed by atoms with E-state index in [-0.39, 0.29) is 35.2 Å². The van der Waals surface area contributed by atoms with Crippen molar-refractivity contribution in [2.24, 2.45) is 5.92 Å². The van der Waals surface area contributed by atoms with Crippen LogP contribution in [0.15, 0.2) is 36.4 Å². The first-order valence-corrected chi connectivity index (χ1v) is 12.6. The lowest BCUT2D eigenvalue weighted by atomic mass is 9.76. The van der Waals surface area contributed by atoms with E-state index in [0.29, 0.717) is 12.8 Å². The summed E-state index contributed by atoms with van der Waals surface area (Å²) in [5, 5.41) is 30.1. The molecule has 0 aromatic heterocycles. The molecule has 1 aromatic rings. The average molecular weight is 465 g/mol. The molecule has 180 valence electrons. The maximum absolute atomic E-state index is 10.7.